The highest BCUT2D eigenvalue weighted by atomic mass is 35.5. The fourth-order valence-corrected chi connectivity index (χ4v) is 1.58. The summed E-state index contributed by atoms with van der Waals surface area (Å²) in [5.41, 5.74) is 6.53. The van der Waals surface area contributed by atoms with E-state index in [0.29, 0.717) is 29.4 Å². The summed E-state index contributed by atoms with van der Waals surface area (Å²) < 4.78 is 5.34. The van der Waals surface area contributed by atoms with Crippen molar-refractivity contribution >= 4 is 23.2 Å². The Bertz CT molecular complexity index is 397. The van der Waals surface area contributed by atoms with Gasteiger partial charge in [0.1, 0.15) is 0 Å². The van der Waals surface area contributed by atoms with Gasteiger partial charge in [-0.25, -0.2) is 0 Å². The number of ether oxygens (including phenoxy) is 1. The van der Waals surface area contributed by atoms with Crippen molar-refractivity contribution in [3.8, 4) is 0 Å². The fraction of sp³-hybridized carbons (Fsp3) is 0.462. The van der Waals surface area contributed by atoms with Crippen molar-refractivity contribution in [2.75, 3.05) is 25.5 Å². The van der Waals surface area contributed by atoms with Crippen LogP contribution in [0, 0.1) is 0 Å². The number of nitrogen functional groups attached to an aromatic ring is 1. The van der Waals surface area contributed by atoms with E-state index in [2.05, 4.69) is 12.2 Å². The number of anilines is 1. The van der Waals surface area contributed by atoms with Gasteiger partial charge in [-0.3, -0.25) is 4.79 Å². The van der Waals surface area contributed by atoms with Crippen LogP contribution in [0.4, 0.5) is 5.69 Å². The molecule has 0 spiro atoms. The second-order valence-corrected chi connectivity index (χ2v) is 4.39. The number of nitrogens with two attached hydrogens (primary N) is 1. The van der Waals surface area contributed by atoms with Gasteiger partial charge < -0.3 is 15.8 Å². The number of hydrogen-bond acceptors (Lipinski definition) is 3. The molecule has 4 nitrogen and oxygen atoms in total. The monoisotopic (exact) mass is 270 g/mol. The van der Waals surface area contributed by atoms with Crippen LogP contribution in [0.1, 0.15) is 30.1 Å². The maximum Gasteiger partial charge on any atom is 0.253 e. The first-order chi connectivity index (χ1) is 8.65. The van der Waals surface area contributed by atoms with Crippen molar-refractivity contribution in [2.45, 2.75) is 19.8 Å². The van der Waals surface area contributed by atoms with Crippen molar-refractivity contribution in [2.24, 2.45) is 0 Å². The molecule has 1 rings (SSSR count). The Labute approximate surface area is 112 Å². The van der Waals surface area contributed by atoms with E-state index < -0.39 is 0 Å². The Balaban J connectivity index is 2.34. The van der Waals surface area contributed by atoms with Crippen molar-refractivity contribution < 1.29 is 9.53 Å². The second-order valence-electron chi connectivity index (χ2n) is 3.95. The first-order valence-electron chi connectivity index (χ1n) is 6.06. The summed E-state index contributed by atoms with van der Waals surface area (Å²) in [6.07, 6.45) is 2.14. The minimum atomic E-state index is -0.228. The van der Waals surface area contributed by atoms with Crippen molar-refractivity contribution in [1.82, 2.24) is 5.32 Å². The number of unbranched alkanes of at least 4 members (excludes halogenated alkanes) is 1. The smallest absolute Gasteiger partial charge is 0.253 e. The molecule has 1 aromatic carbocycles. The Morgan fingerprint density at radius 3 is 2.94 bits per heavy atom. The summed E-state index contributed by atoms with van der Waals surface area (Å²) in [7, 11) is 0. The maximum absolute atomic E-state index is 11.8. The molecule has 0 saturated heterocycles. The van der Waals surface area contributed by atoms with Crippen molar-refractivity contribution in [1.29, 1.82) is 0 Å². The van der Waals surface area contributed by atoms with Crippen LogP contribution in [0.3, 0.4) is 0 Å². The van der Waals surface area contributed by atoms with E-state index in [0.717, 1.165) is 19.4 Å². The molecule has 1 aromatic rings. The SMILES string of the molecule is CCCCOCCNC(=O)c1cc(Cl)ccc1N. The molecule has 0 radical (unpaired) electrons. The molecule has 0 fully saturated rings. The van der Waals surface area contributed by atoms with Crippen molar-refractivity contribution in [3.05, 3.63) is 28.8 Å². The third kappa shape index (κ3) is 4.94. The van der Waals surface area contributed by atoms with Gasteiger partial charge in [0.05, 0.1) is 12.2 Å². The van der Waals surface area contributed by atoms with Gasteiger partial charge in [0.15, 0.2) is 0 Å². The first-order valence-corrected chi connectivity index (χ1v) is 6.44. The van der Waals surface area contributed by atoms with Crippen LogP contribution in [-0.4, -0.2) is 25.7 Å². The molecule has 0 bridgehead atoms. The molecule has 0 aliphatic rings. The van der Waals surface area contributed by atoms with Crippen LogP contribution in [0.25, 0.3) is 0 Å². The topological polar surface area (TPSA) is 64.3 Å². The number of amides is 1. The molecular weight excluding hydrogens is 252 g/mol. The molecule has 3 N–H and O–H groups in total. The Kier molecular flexibility index (Phi) is 6.54. The second kappa shape index (κ2) is 7.95. The first kappa shape index (κ1) is 14.8. The lowest BCUT2D eigenvalue weighted by Gasteiger charge is -2.08. The van der Waals surface area contributed by atoms with E-state index in [1.807, 2.05) is 0 Å². The number of benzene rings is 1. The molecule has 0 atom stereocenters. The summed E-state index contributed by atoms with van der Waals surface area (Å²) in [4.78, 5) is 11.8. The molecule has 0 aliphatic heterocycles. The van der Waals surface area contributed by atoms with Crippen LogP contribution in [0.15, 0.2) is 18.2 Å². The third-order valence-corrected chi connectivity index (χ3v) is 2.67. The predicted octanol–water partition coefficient (Wildman–Crippen LogP) is 2.47. The highest BCUT2D eigenvalue weighted by molar-refractivity contribution is 6.31. The quantitative estimate of drug-likeness (QED) is 0.591. The van der Waals surface area contributed by atoms with E-state index in [9.17, 15) is 4.79 Å². The number of nitrogens with one attached hydrogen (secondary N) is 1. The van der Waals surface area contributed by atoms with Gasteiger partial charge in [-0.15, -0.1) is 0 Å². The van der Waals surface area contributed by atoms with Gasteiger partial charge >= 0.3 is 0 Å². The van der Waals surface area contributed by atoms with Crippen LogP contribution in [0.5, 0.6) is 0 Å². The number of carbonyl (C=O) groups is 1. The summed E-state index contributed by atoms with van der Waals surface area (Å²) >= 11 is 5.82. The van der Waals surface area contributed by atoms with Gasteiger partial charge in [0, 0.05) is 23.9 Å². The third-order valence-electron chi connectivity index (χ3n) is 2.43. The van der Waals surface area contributed by atoms with Gasteiger partial charge in [0.2, 0.25) is 0 Å². The van der Waals surface area contributed by atoms with Crippen LogP contribution >= 0.6 is 11.6 Å². The molecule has 0 saturated carbocycles. The molecule has 5 heteroatoms. The Morgan fingerprint density at radius 1 is 1.44 bits per heavy atom. The number of hydrogen-bond donors (Lipinski definition) is 2. The van der Waals surface area contributed by atoms with E-state index in [4.69, 9.17) is 22.1 Å². The van der Waals surface area contributed by atoms with Gasteiger partial charge in [-0.05, 0) is 24.6 Å². The average Bonchev–Trinajstić information content (AvgIpc) is 2.36. The fourth-order valence-electron chi connectivity index (χ4n) is 1.41. The zero-order chi connectivity index (χ0) is 13.4. The maximum atomic E-state index is 11.8. The minimum absolute atomic E-state index is 0.228. The number of carbonyl (C=O) groups excluding carboxylic acids is 1. The number of rotatable bonds is 7. The zero-order valence-electron chi connectivity index (χ0n) is 10.5. The molecule has 1 amide bonds. The molecular formula is C13H19ClN2O2. The lowest BCUT2D eigenvalue weighted by molar-refractivity contribution is 0.0913. The van der Waals surface area contributed by atoms with Gasteiger partial charge in [0.25, 0.3) is 5.91 Å². The van der Waals surface area contributed by atoms with E-state index in [1.54, 1.807) is 18.2 Å². The largest absolute Gasteiger partial charge is 0.398 e. The van der Waals surface area contributed by atoms with Gasteiger partial charge in [-0.1, -0.05) is 24.9 Å². The summed E-state index contributed by atoms with van der Waals surface area (Å²) in [6, 6.07) is 4.83. The minimum Gasteiger partial charge on any atom is -0.398 e. The lowest BCUT2D eigenvalue weighted by atomic mass is 10.1. The van der Waals surface area contributed by atoms with E-state index in [-0.39, 0.29) is 5.91 Å². The summed E-state index contributed by atoms with van der Waals surface area (Å²) in [5, 5.41) is 3.24. The molecule has 0 unspecified atom stereocenters. The van der Waals surface area contributed by atoms with Gasteiger partial charge in [-0.2, -0.15) is 0 Å². The standard InChI is InChI=1S/C13H19ClN2O2/c1-2-3-7-18-8-6-16-13(17)11-9-10(14)4-5-12(11)15/h4-5,9H,2-3,6-8,15H2,1H3,(H,16,17). The van der Waals surface area contributed by atoms with E-state index >= 15 is 0 Å². The molecule has 0 aromatic heterocycles. The average molecular weight is 271 g/mol. The highest BCUT2D eigenvalue weighted by Crippen LogP contribution is 2.17. The number of halogens is 1. The molecule has 0 heterocycles. The Morgan fingerprint density at radius 2 is 2.22 bits per heavy atom. The Hall–Kier alpha value is -1.26. The summed E-state index contributed by atoms with van der Waals surface area (Å²) in [5.74, 6) is -0.228. The van der Waals surface area contributed by atoms with Crippen molar-refractivity contribution in [3.63, 3.8) is 0 Å². The van der Waals surface area contributed by atoms with Crippen LogP contribution < -0.4 is 11.1 Å². The lowest BCUT2D eigenvalue weighted by Crippen LogP contribution is -2.28. The zero-order valence-corrected chi connectivity index (χ0v) is 11.3. The predicted molar refractivity (Wildman–Crippen MR) is 73.9 cm³/mol. The highest BCUT2D eigenvalue weighted by Gasteiger charge is 2.09. The molecule has 100 valence electrons. The van der Waals surface area contributed by atoms with Crippen LogP contribution in [0.2, 0.25) is 5.02 Å². The molecule has 18 heavy (non-hydrogen) atoms. The molecule has 0 aliphatic carbocycles. The summed E-state index contributed by atoms with van der Waals surface area (Å²) in [6.45, 7) is 3.81. The van der Waals surface area contributed by atoms with E-state index in [1.165, 1.54) is 0 Å². The normalized spacial score (nSPS) is 10.3. The van der Waals surface area contributed by atoms with Crippen LogP contribution in [-0.2, 0) is 4.74 Å².